The van der Waals surface area contributed by atoms with E-state index in [1.54, 1.807) is 30.5 Å². The van der Waals surface area contributed by atoms with Crippen LogP contribution in [-0.4, -0.2) is 15.9 Å². The highest BCUT2D eigenvalue weighted by Crippen LogP contribution is 2.40. The van der Waals surface area contributed by atoms with E-state index < -0.39 is 17.3 Å². The van der Waals surface area contributed by atoms with Gasteiger partial charge >= 0.3 is 0 Å². The molecule has 2 atom stereocenters. The van der Waals surface area contributed by atoms with Crippen molar-refractivity contribution in [2.45, 2.75) is 43.5 Å². The summed E-state index contributed by atoms with van der Waals surface area (Å²) in [5, 5.41) is 19.9. The third kappa shape index (κ3) is 2.80. The molecule has 0 aliphatic heterocycles. The zero-order valence-electron chi connectivity index (χ0n) is 12.9. The van der Waals surface area contributed by atoms with E-state index in [0.29, 0.717) is 24.1 Å². The lowest BCUT2D eigenvalue weighted by molar-refractivity contribution is -0.00467. The predicted octanol–water partition coefficient (Wildman–Crippen LogP) is 2.95. The van der Waals surface area contributed by atoms with Crippen molar-refractivity contribution in [2.24, 2.45) is 11.7 Å². The number of pyridine rings is 1. The van der Waals surface area contributed by atoms with Gasteiger partial charge in [-0.2, -0.15) is 5.26 Å². The summed E-state index contributed by atoms with van der Waals surface area (Å²) in [6, 6.07) is 5.25. The van der Waals surface area contributed by atoms with Crippen molar-refractivity contribution in [3.63, 3.8) is 0 Å². The number of alkyl halides is 1. The van der Waals surface area contributed by atoms with E-state index in [0.717, 1.165) is 19.3 Å². The Balaban J connectivity index is 1.99. The van der Waals surface area contributed by atoms with Crippen LogP contribution >= 0.6 is 0 Å². The predicted molar refractivity (Wildman–Crippen MR) is 85.5 cm³/mol. The second kappa shape index (κ2) is 5.88. The molecule has 0 saturated heterocycles. The first-order chi connectivity index (χ1) is 11.0. The van der Waals surface area contributed by atoms with Crippen LogP contribution < -0.4 is 5.73 Å². The largest absolute Gasteiger partial charge is 0.384 e. The summed E-state index contributed by atoms with van der Waals surface area (Å²) in [7, 11) is 0. The van der Waals surface area contributed by atoms with Crippen LogP contribution in [0.3, 0.4) is 0 Å². The molecule has 23 heavy (non-hydrogen) atoms. The summed E-state index contributed by atoms with van der Waals surface area (Å²) in [5.74, 6) is -3.28. The van der Waals surface area contributed by atoms with Gasteiger partial charge in [-0.15, -0.1) is 0 Å². The molecule has 0 amide bonds. The van der Waals surface area contributed by atoms with Gasteiger partial charge in [-0.05, 0) is 30.5 Å². The summed E-state index contributed by atoms with van der Waals surface area (Å²) < 4.78 is 14.9. The summed E-state index contributed by atoms with van der Waals surface area (Å²) in [4.78, 5) is 4.29. The van der Waals surface area contributed by atoms with Crippen LogP contribution in [0, 0.1) is 17.2 Å². The molecule has 1 fully saturated rings. The average Bonchev–Trinajstić information content (AvgIpc) is 2.55. The number of allylic oxidation sites excluding steroid dienone is 2. The summed E-state index contributed by atoms with van der Waals surface area (Å²) >= 11 is 0. The fraction of sp³-hybridized carbons (Fsp3) is 0.444. The molecule has 0 bridgehead atoms. The van der Waals surface area contributed by atoms with Gasteiger partial charge in [-0.1, -0.05) is 37.5 Å². The molecule has 1 heterocycles. The van der Waals surface area contributed by atoms with Gasteiger partial charge in [0.05, 0.1) is 11.8 Å². The highest BCUT2D eigenvalue weighted by atomic mass is 19.1. The minimum absolute atomic E-state index is 0.245. The standard InChI is InChI=1S/C18H20FN3O/c19-18(21)14(12-20)5-4-6-15(18)13-7-10-22-16(11-13)17(23)8-2-1-3-9-17/h4-7,10-11,14,23H,1-3,8-9,21H2. The van der Waals surface area contributed by atoms with Crippen molar-refractivity contribution in [1.29, 1.82) is 5.26 Å². The lowest BCUT2D eigenvalue weighted by Gasteiger charge is -2.33. The first kappa shape index (κ1) is 15.9. The number of aliphatic hydroxyl groups is 1. The number of nitriles is 1. The molecule has 0 aromatic carbocycles. The molecule has 0 radical (unpaired) electrons. The molecule has 4 nitrogen and oxygen atoms in total. The van der Waals surface area contributed by atoms with Gasteiger partial charge in [0, 0.05) is 11.8 Å². The van der Waals surface area contributed by atoms with Gasteiger partial charge in [-0.25, -0.2) is 4.39 Å². The van der Waals surface area contributed by atoms with Crippen molar-refractivity contribution < 1.29 is 9.50 Å². The third-order valence-electron chi connectivity index (χ3n) is 4.80. The van der Waals surface area contributed by atoms with Gasteiger partial charge in [0.1, 0.15) is 11.5 Å². The maximum absolute atomic E-state index is 14.9. The van der Waals surface area contributed by atoms with Gasteiger partial charge < -0.3 is 5.11 Å². The van der Waals surface area contributed by atoms with Gasteiger partial charge in [-0.3, -0.25) is 10.7 Å². The smallest absolute Gasteiger partial charge is 0.204 e. The van der Waals surface area contributed by atoms with Crippen LogP contribution in [-0.2, 0) is 5.60 Å². The van der Waals surface area contributed by atoms with Crippen molar-refractivity contribution in [2.75, 3.05) is 0 Å². The number of hydrogen-bond donors (Lipinski definition) is 2. The van der Waals surface area contributed by atoms with Crippen molar-refractivity contribution >= 4 is 5.57 Å². The number of halogens is 1. The van der Waals surface area contributed by atoms with Crippen molar-refractivity contribution in [1.82, 2.24) is 4.98 Å². The zero-order valence-corrected chi connectivity index (χ0v) is 12.9. The monoisotopic (exact) mass is 313 g/mol. The van der Waals surface area contributed by atoms with Crippen molar-refractivity contribution in [3.8, 4) is 6.07 Å². The molecule has 2 aliphatic rings. The molecular weight excluding hydrogens is 293 g/mol. The van der Waals surface area contributed by atoms with E-state index in [4.69, 9.17) is 11.0 Å². The van der Waals surface area contributed by atoms with Crippen molar-refractivity contribution in [3.05, 3.63) is 47.8 Å². The first-order valence-electron chi connectivity index (χ1n) is 7.93. The number of nitrogens with zero attached hydrogens (tertiary/aromatic N) is 2. The van der Waals surface area contributed by atoms with Crippen LogP contribution in [0.5, 0.6) is 0 Å². The normalized spacial score (nSPS) is 29.7. The van der Waals surface area contributed by atoms with Crippen LogP contribution in [0.1, 0.15) is 43.4 Å². The Kier molecular flexibility index (Phi) is 4.05. The van der Waals surface area contributed by atoms with Crippen LogP contribution in [0.2, 0.25) is 0 Å². The Labute approximate surface area is 135 Å². The minimum atomic E-state index is -2.25. The second-order valence-corrected chi connectivity index (χ2v) is 6.36. The Bertz CT molecular complexity index is 696. The zero-order chi connectivity index (χ0) is 16.5. The molecule has 2 aliphatic carbocycles. The molecule has 0 spiro atoms. The molecule has 1 aromatic heterocycles. The van der Waals surface area contributed by atoms with E-state index in [1.807, 2.05) is 6.07 Å². The Morgan fingerprint density at radius 3 is 2.78 bits per heavy atom. The highest BCUT2D eigenvalue weighted by Gasteiger charge is 2.40. The molecule has 1 saturated carbocycles. The van der Waals surface area contributed by atoms with Gasteiger partial charge in [0.15, 0.2) is 0 Å². The Hall–Kier alpha value is -2.03. The molecule has 2 unspecified atom stereocenters. The molecule has 120 valence electrons. The number of hydrogen-bond acceptors (Lipinski definition) is 4. The fourth-order valence-electron chi connectivity index (χ4n) is 3.40. The summed E-state index contributed by atoms with van der Waals surface area (Å²) in [6.07, 6.45) is 10.6. The number of nitrogens with two attached hydrogens (primary N) is 1. The van der Waals surface area contributed by atoms with E-state index >= 15 is 0 Å². The van der Waals surface area contributed by atoms with E-state index in [9.17, 15) is 9.50 Å². The maximum Gasteiger partial charge on any atom is 0.204 e. The highest BCUT2D eigenvalue weighted by molar-refractivity contribution is 5.75. The molecule has 3 rings (SSSR count). The maximum atomic E-state index is 14.9. The SMILES string of the molecule is N#CC1C=CC=C(c2ccnc(C3(O)CCCCC3)c2)C1(N)F. The Morgan fingerprint density at radius 2 is 2.09 bits per heavy atom. The second-order valence-electron chi connectivity index (χ2n) is 6.36. The van der Waals surface area contributed by atoms with Crippen LogP contribution in [0.15, 0.2) is 36.6 Å². The topological polar surface area (TPSA) is 82.9 Å². The lowest BCUT2D eigenvalue weighted by Crippen LogP contribution is -2.43. The van der Waals surface area contributed by atoms with Gasteiger partial charge in [0.25, 0.3) is 0 Å². The Morgan fingerprint density at radius 1 is 1.35 bits per heavy atom. The fourth-order valence-corrected chi connectivity index (χ4v) is 3.40. The molecule has 3 N–H and O–H groups in total. The molecule has 5 heteroatoms. The van der Waals surface area contributed by atoms with E-state index in [1.165, 1.54) is 6.08 Å². The summed E-state index contributed by atoms with van der Waals surface area (Å²) in [5.41, 5.74) is 6.18. The number of aromatic nitrogens is 1. The molecular formula is C18H20FN3O. The number of rotatable bonds is 2. The van der Waals surface area contributed by atoms with Gasteiger partial charge in [0.2, 0.25) is 5.79 Å². The molecule has 1 aromatic rings. The van der Waals surface area contributed by atoms with E-state index in [-0.39, 0.29) is 5.57 Å². The van der Waals surface area contributed by atoms with E-state index in [2.05, 4.69) is 4.98 Å². The third-order valence-corrected chi connectivity index (χ3v) is 4.80. The quantitative estimate of drug-likeness (QED) is 0.822. The van der Waals surface area contributed by atoms with Crippen LogP contribution in [0.4, 0.5) is 4.39 Å². The first-order valence-corrected chi connectivity index (χ1v) is 7.93. The van der Waals surface area contributed by atoms with Crippen LogP contribution in [0.25, 0.3) is 5.57 Å². The summed E-state index contributed by atoms with van der Waals surface area (Å²) in [6.45, 7) is 0. The lowest BCUT2D eigenvalue weighted by atomic mass is 9.80. The average molecular weight is 313 g/mol. The minimum Gasteiger partial charge on any atom is -0.384 e.